The summed E-state index contributed by atoms with van der Waals surface area (Å²) in [5, 5.41) is 6.05. The van der Waals surface area contributed by atoms with Crippen LogP contribution in [0.5, 0.6) is 0 Å². The number of imide groups is 1. The predicted molar refractivity (Wildman–Crippen MR) is 114 cm³/mol. The molecule has 0 radical (unpaired) electrons. The number of anilines is 1. The Labute approximate surface area is 172 Å². The number of hydrogen-bond donors (Lipinski definition) is 2. The summed E-state index contributed by atoms with van der Waals surface area (Å²) in [5.74, 6) is -0.874. The Morgan fingerprint density at radius 2 is 2.00 bits per heavy atom. The number of rotatable bonds is 5. The van der Waals surface area contributed by atoms with Gasteiger partial charge in [-0.25, -0.2) is 4.39 Å². The van der Waals surface area contributed by atoms with Crippen molar-refractivity contribution in [2.24, 2.45) is 0 Å². The Morgan fingerprint density at radius 3 is 2.75 bits per heavy atom. The van der Waals surface area contributed by atoms with Gasteiger partial charge in [0.25, 0.3) is 11.1 Å². The van der Waals surface area contributed by atoms with Crippen molar-refractivity contribution >= 4 is 52.0 Å². The van der Waals surface area contributed by atoms with Crippen LogP contribution in [0.2, 0.25) is 0 Å². The van der Waals surface area contributed by atoms with E-state index in [-0.39, 0.29) is 22.3 Å². The first-order valence-electron chi connectivity index (χ1n) is 8.55. The van der Waals surface area contributed by atoms with Crippen LogP contribution in [-0.4, -0.2) is 34.2 Å². The maximum atomic E-state index is 13.8. The quantitative estimate of drug-likeness (QED) is 0.565. The first kappa shape index (κ1) is 20.0. The molecule has 0 unspecified atom stereocenters. The SMILES string of the molecule is Cc1cccc(NC(=S)NCCN2C(=O)S/C(=C\c3ccccc3F)C2=O)c1. The van der Waals surface area contributed by atoms with Gasteiger partial charge in [0.05, 0.1) is 4.91 Å². The largest absolute Gasteiger partial charge is 0.361 e. The highest BCUT2D eigenvalue weighted by Crippen LogP contribution is 2.32. The van der Waals surface area contributed by atoms with Crippen molar-refractivity contribution in [3.63, 3.8) is 0 Å². The van der Waals surface area contributed by atoms with E-state index < -0.39 is 11.7 Å². The molecule has 2 aromatic carbocycles. The number of nitrogens with one attached hydrogen (secondary N) is 2. The lowest BCUT2D eigenvalue weighted by Crippen LogP contribution is -2.38. The zero-order valence-corrected chi connectivity index (χ0v) is 16.7. The van der Waals surface area contributed by atoms with Crippen LogP contribution in [0.25, 0.3) is 6.08 Å². The first-order valence-corrected chi connectivity index (χ1v) is 9.78. The molecule has 2 aromatic rings. The highest BCUT2D eigenvalue weighted by molar-refractivity contribution is 8.18. The van der Waals surface area contributed by atoms with Gasteiger partial charge in [0, 0.05) is 24.3 Å². The lowest BCUT2D eigenvalue weighted by Gasteiger charge is -2.15. The molecule has 0 bridgehead atoms. The van der Waals surface area contributed by atoms with Gasteiger partial charge in [-0.15, -0.1) is 0 Å². The second kappa shape index (κ2) is 8.99. The molecule has 0 aromatic heterocycles. The van der Waals surface area contributed by atoms with E-state index in [1.54, 1.807) is 18.2 Å². The van der Waals surface area contributed by atoms with Crippen molar-refractivity contribution in [2.75, 3.05) is 18.4 Å². The van der Waals surface area contributed by atoms with Gasteiger partial charge in [0.2, 0.25) is 0 Å². The summed E-state index contributed by atoms with van der Waals surface area (Å²) in [6.45, 7) is 2.45. The molecular formula is C20H18FN3O2S2. The minimum absolute atomic E-state index is 0.162. The maximum absolute atomic E-state index is 13.8. The molecule has 0 saturated carbocycles. The van der Waals surface area contributed by atoms with Gasteiger partial charge in [0.15, 0.2) is 5.11 Å². The molecule has 5 nitrogen and oxygen atoms in total. The Bertz CT molecular complexity index is 962. The smallest absolute Gasteiger partial charge is 0.293 e. The Hall–Kier alpha value is -2.71. The summed E-state index contributed by atoms with van der Waals surface area (Å²) in [7, 11) is 0. The number of benzene rings is 2. The average molecular weight is 416 g/mol. The number of halogens is 1. The van der Waals surface area contributed by atoms with Gasteiger partial charge in [-0.3, -0.25) is 14.5 Å². The lowest BCUT2D eigenvalue weighted by atomic mass is 10.2. The molecule has 3 rings (SSSR count). The maximum Gasteiger partial charge on any atom is 0.293 e. The molecule has 2 amide bonds. The van der Waals surface area contributed by atoms with E-state index in [4.69, 9.17) is 12.2 Å². The first-order chi connectivity index (χ1) is 13.4. The van der Waals surface area contributed by atoms with Gasteiger partial charge in [-0.2, -0.15) is 0 Å². The summed E-state index contributed by atoms with van der Waals surface area (Å²) in [4.78, 5) is 25.9. The van der Waals surface area contributed by atoms with Crippen LogP contribution >= 0.6 is 24.0 Å². The molecule has 0 spiro atoms. The second-order valence-electron chi connectivity index (χ2n) is 6.11. The number of carbonyl (C=O) groups excluding carboxylic acids is 2. The second-order valence-corrected chi connectivity index (χ2v) is 7.51. The molecule has 1 saturated heterocycles. The Morgan fingerprint density at radius 1 is 1.21 bits per heavy atom. The summed E-state index contributed by atoms with van der Waals surface area (Å²) < 4.78 is 13.8. The summed E-state index contributed by atoms with van der Waals surface area (Å²) in [6, 6.07) is 13.9. The summed E-state index contributed by atoms with van der Waals surface area (Å²) >= 11 is 6.04. The summed E-state index contributed by atoms with van der Waals surface area (Å²) in [6.07, 6.45) is 1.40. The molecule has 28 heavy (non-hydrogen) atoms. The molecule has 1 aliphatic rings. The van der Waals surface area contributed by atoms with Gasteiger partial charge >= 0.3 is 0 Å². The molecular weight excluding hydrogens is 397 g/mol. The number of thioether (sulfide) groups is 1. The normalized spacial score (nSPS) is 15.2. The van der Waals surface area contributed by atoms with E-state index in [2.05, 4.69) is 10.6 Å². The van der Waals surface area contributed by atoms with Crippen LogP contribution < -0.4 is 10.6 Å². The molecule has 144 valence electrons. The predicted octanol–water partition coefficient (Wildman–Crippen LogP) is 4.16. The fraction of sp³-hybridized carbons (Fsp3) is 0.150. The van der Waals surface area contributed by atoms with Crippen molar-refractivity contribution < 1.29 is 14.0 Å². The molecule has 1 aliphatic heterocycles. The number of amides is 2. The lowest BCUT2D eigenvalue weighted by molar-refractivity contribution is -0.122. The Kier molecular flexibility index (Phi) is 6.43. The zero-order chi connectivity index (χ0) is 20.1. The molecule has 2 N–H and O–H groups in total. The van der Waals surface area contributed by atoms with E-state index in [1.165, 1.54) is 12.1 Å². The summed E-state index contributed by atoms with van der Waals surface area (Å²) in [5.41, 5.74) is 2.23. The fourth-order valence-corrected chi connectivity index (χ4v) is 3.68. The number of aryl methyl sites for hydroxylation is 1. The highest BCUT2D eigenvalue weighted by atomic mass is 32.2. The average Bonchev–Trinajstić information content (AvgIpc) is 2.91. The molecule has 1 heterocycles. The topological polar surface area (TPSA) is 61.4 Å². The zero-order valence-electron chi connectivity index (χ0n) is 15.1. The molecule has 0 aliphatic carbocycles. The van der Waals surface area contributed by atoms with Crippen LogP contribution in [0, 0.1) is 12.7 Å². The van der Waals surface area contributed by atoms with Crippen LogP contribution in [0.3, 0.4) is 0 Å². The van der Waals surface area contributed by atoms with Crippen molar-refractivity contribution in [2.45, 2.75) is 6.92 Å². The van der Waals surface area contributed by atoms with Crippen LogP contribution in [-0.2, 0) is 4.79 Å². The number of carbonyl (C=O) groups is 2. The molecule has 1 fully saturated rings. The number of hydrogen-bond acceptors (Lipinski definition) is 4. The van der Waals surface area contributed by atoms with E-state index in [0.29, 0.717) is 11.7 Å². The van der Waals surface area contributed by atoms with Gasteiger partial charge < -0.3 is 10.6 Å². The van der Waals surface area contributed by atoms with Gasteiger partial charge in [-0.05, 0) is 60.7 Å². The third kappa shape index (κ3) is 4.96. The van der Waals surface area contributed by atoms with E-state index in [9.17, 15) is 14.0 Å². The van der Waals surface area contributed by atoms with E-state index in [0.717, 1.165) is 27.9 Å². The Balaban J connectivity index is 1.55. The monoisotopic (exact) mass is 415 g/mol. The van der Waals surface area contributed by atoms with Gasteiger partial charge in [0.1, 0.15) is 5.82 Å². The standard InChI is InChI=1S/C20H18FN3O2S2/c1-13-5-4-7-15(11-13)23-19(27)22-9-10-24-18(25)17(28-20(24)26)12-14-6-2-3-8-16(14)21/h2-8,11-12H,9-10H2,1H3,(H2,22,23,27)/b17-12-. The number of nitrogens with zero attached hydrogens (tertiary/aromatic N) is 1. The van der Waals surface area contributed by atoms with Crippen LogP contribution in [0.1, 0.15) is 11.1 Å². The van der Waals surface area contributed by atoms with Crippen LogP contribution in [0.15, 0.2) is 53.4 Å². The van der Waals surface area contributed by atoms with Crippen molar-refractivity contribution in [3.8, 4) is 0 Å². The highest BCUT2D eigenvalue weighted by Gasteiger charge is 2.34. The molecule has 8 heteroatoms. The third-order valence-electron chi connectivity index (χ3n) is 3.96. The van der Waals surface area contributed by atoms with Crippen molar-refractivity contribution in [1.29, 1.82) is 0 Å². The van der Waals surface area contributed by atoms with Crippen LogP contribution in [0.4, 0.5) is 14.9 Å². The van der Waals surface area contributed by atoms with E-state index >= 15 is 0 Å². The molecule has 0 atom stereocenters. The number of thiocarbonyl (C=S) groups is 1. The third-order valence-corrected chi connectivity index (χ3v) is 5.12. The van der Waals surface area contributed by atoms with Gasteiger partial charge in [-0.1, -0.05) is 30.3 Å². The van der Waals surface area contributed by atoms with E-state index in [1.807, 2.05) is 31.2 Å². The van der Waals surface area contributed by atoms with Crippen molar-refractivity contribution in [3.05, 3.63) is 70.4 Å². The minimum Gasteiger partial charge on any atom is -0.361 e. The minimum atomic E-state index is -0.441. The van der Waals surface area contributed by atoms with Crippen molar-refractivity contribution in [1.82, 2.24) is 10.2 Å². The fourth-order valence-electron chi connectivity index (χ4n) is 2.61.